The third kappa shape index (κ3) is 1.87. The molecule has 1 saturated heterocycles. The van der Waals surface area contributed by atoms with Gasteiger partial charge in [0.2, 0.25) is 11.8 Å². The molecule has 14 heavy (non-hydrogen) atoms. The largest absolute Gasteiger partial charge is 0.335 e. The van der Waals surface area contributed by atoms with Crippen molar-refractivity contribution < 1.29 is 9.59 Å². The number of nitrogens with zero attached hydrogens (tertiary/aromatic N) is 2. The molecule has 0 bridgehead atoms. The minimum Gasteiger partial charge on any atom is -0.335 e. The van der Waals surface area contributed by atoms with Gasteiger partial charge in [-0.2, -0.15) is 0 Å². The summed E-state index contributed by atoms with van der Waals surface area (Å²) in [6.07, 6.45) is 0. The van der Waals surface area contributed by atoms with Gasteiger partial charge in [-0.25, -0.2) is 0 Å². The third-order valence-corrected chi connectivity index (χ3v) is 2.62. The molecule has 2 N–H and O–H groups in total. The Morgan fingerprint density at radius 2 is 1.86 bits per heavy atom. The molecule has 1 rings (SSSR count). The van der Waals surface area contributed by atoms with E-state index in [4.69, 9.17) is 5.73 Å². The quantitative estimate of drug-likeness (QED) is 0.622. The van der Waals surface area contributed by atoms with E-state index in [1.807, 2.05) is 13.8 Å². The molecule has 1 heterocycles. The van der Waals surface area contributed by atoms with Gasteiger partial charge in [0.15, 0.2) is 0 Å². The number of carbonyl (C=O) groups excluding carboxylic acids is 2. The lowest BCUT2D eigenvalue weighted by atomic mass is 10.0. The van der Waals surface area contributed by atoms with Crippen LogP contribution in [0.1, 0.15) is 13.8 Å². The molecule has 0 spiro atoms. The second-order valence-corrected chi connectivity index (χ2v) is 4.25. The van der Waals surface area contributed by atoms with Crippen LogP contribution in [0.5, 0.6) is 0 Å². The molecule has 5 nitrogen and oxygen atoms in total. The maximum absolute atomic E-state index is 11.6. The maximum atomic E-state index is 11.6. The Bertz CT molecular complexity index is 263. The Kier molecular flexibility index (Phi) is 2.80. The Balaban J connectivity index is 2.81. The first-order valence-electron chi connectivity index (χ1n) is 4.63. The average molecular weight is 199 g/mol. The lowest BCUT2D eigenvalue weighted by Gasteiger charge is -2.41. The molecule has 1 aliphatic rings. The number of nitrogens with two attached hydrogens (primary N) is 1. The van der Waals surface area contributed by atoms with Crippen molar-refractivity contribution in [1.82, 2.24) is 9.80 Å². The predicted octanol–water partition coefficient (Wildman–Crippen LogP) is -0.976. The second kappa shape index (κ2) is 3.57. The standard InChI is InChI=1S/C9H17N3O2/c1-9(2,6-10)12-5-7(13)11(3)4-8(12)14/h4-6,10H2,1-3H3. The molecule has 0 radical (unpaired) electrons. The molecular weight excluding hydrogens is 182 g/mol. The summed E-state index contributed by atoms with van der Waals surface area (Å²) in [5.41, 5.74) is 5.12. The van der Waals surface area contributed by atoms with Gasteiger partial charge in [-0.3, -0.25) is 9.59 Å². The van der Waals surface area contributed by atoms with Crippen molar-refractivity contribution in [1.29, 1.82) is 0 Å². The highest BCUT2D eigenvalue weighted by molar-refractivity contribution is 5.92. The fraction of sp³-hybridized carbons (Fsp3) is 0.778. The van der Waals surface area contributed by atoms with Crippen LogP contribution in [0.25, 0.3) is 0 Å². The van der Waals surface area contributed by atoms with E-state index in [0.29, 0.717) is 6.54 Å². The van der Waals surface area contributed by atoms with E-state index in [-0.39, 0.29) is 24.9 Å². The first-order chi connectivity index (χ1) is 6.38. The summed E-state index contributed by atoms with van der Waals surface area (Å²) in [6.45, 7) is 4.38. The number of likely N-dealkylation sites (N-methyl/N-ethyl adjacent to an activating group) is 1. The van der Waals surface area contributed by atoms with Crippen LogP contribution < -0.4 is 5.73 Å². The topological polar surface area (TPSA) is 66.6 Å². The summed E-state index contributed by atoms with van der Waals surface area (Å²) in [5.74, 6) is -0.0753. The van der Waals surface area contributed by atoms with Gasteiger partial charge < -0.3 is 15.5 Å². The van der Waals surface area contributed by atoms with Crippen molar-refractivity contribution in [2.24, 2.45) is 5.73 Å². The zero-order valence-corrected chi connectivity index (χ0v) is 8.91. The number of hydrogen-bond acceptors (Lipinski definition) is 3. The molecule has 0 unspecified atom stereocenters. The first-order valence-corrected chi connectivity index (χ1v) is 4.63. The molecule has 1 fully saturated rings. The normalized spacial score (nSPS) is 19.1. The lowest BCUT2D eigenvalue weighted by Crippen LogP contribution is -2.61. The predicted molar refractivity (Wildman–Crippen MR) is 52.5 cm³/mol. The van der Waals surface area contributed by atoms with Crippen molar-refractivity contribution in [2.45, 2.75) is 19.4 Å². The van der Waals surface area contributed by atoms with Crippen molar-refractivity contribution in [3.05, 3.63) is 0 Å². The van der Waals surface area contributed by atoms with E-state index in [2.05, 4.69) is 0 Å². The number of amides is 2. The fourth-order valence-electron chi connectivity index (χ4n) is 1.38. The van der Waals surface area contributed by atoms with Crippen molar-refractivity contribution >= 4 is 11.8 Å². The molecule has 0 aromatic rings. The van der Waals surface area contributed by atoms with Gasteiger partial charge in [-0.1, -0.05) is 0 Å². The maximum Gasteiger partial charge on any atom is 0.243 e. The van der Waals surface area contributed by atoms with Crippen LogP contribution in [0, 0.1) is 0 Å². The smallest absolute Gasteiger partial charge is 0.243 e. The van der Waals surface area contributed by atoms with E-state index in [1.165, 1.54) is 4.90 Å². The number of rotatable bonds is 2. The summed E-state index contributed by atoms with van der Waals surface area (Å²) < 4.78 is 0. The fourth-order valence-corrected chi connectivity index (χ4v) is 1.38. The van der Waals surface area contributed by atoms with Gasteiger partial charge >= 0.3 is 0 Å². The van der Waals surface area contributed by atoms with Crippen molar-refractivity contribution in [3.8, 4) is 0 Å². The Hall–Kier alpha value is -1.10. The SMILES string of the molecule is CN1CC(=O)N(C(C)(C)CN)CC1=O. The van der Waals surface area contributed by atoms with Crippen LogP contribution in [0.2, 0.25) is 0 Å². The molecule has 0 aromatic heterocycles. The minimum absolute atomic E-state index is 0.0360. The molecule has 0 atom stereocenters. The van der Waals surface area contributed by atoms with E-state index in [9.17, 15) is 9.59 Å². The summed E-state index contributed by atoms with van der Waals surface area (Å²) in [5, 5.41) is 0. The highest BCUT2D eigenvalue weighted by atomic mass is 16.2. The zero-order valence-electron chi connectivity index (χ0n) is 8.91. The molecule has 1 aliphatic heterocycles. The minimum atomic E-state index is -0.437. The van der Waals surface area contributed by atoms with Gasteiger partial charge in [0.1, 0.15) is 6.54 Å². The van der Waals surface area contributed by atoms with Crippen LogP contribution in [0.4, 0.5) is 0 Å². The monoisotopic (exact) mass is 199 g/mol. The molecule has 0 aliphatic carbocycles. The summed E-state index contributed by atoms with van der Waals surface area (Å²) in [4.78, 5) is 26.0. The van der Waals surface area contributed by atoms with Gasteiger partial charge in [0.05, 0.1) is 12.1 Å². The second-order valence-electron chi connectivity index (χ2n) is 4.25. The number of piperazine rings is 1. The third-order valence-electron chi connectivity index (χ3n) is 2.62. The highest BCUT2D eigenvalue weighted by Crippen LogP contribution is 2.16. The Labute approximate surface area is 83.8 Å². The van der Waals surface area contributed by atoms with Crippen molar-refractivity contribution in [2.75, 3.05) is 26.7 Å². The van der Waals surface area contributed by atoms with Crippen molar-refractivity contribution in [3.63, 3.8) is 0 Å². The Morgan fingerprint density at radius 3 is 2.36 bits per heavy atom. The van der Waals surface area contributed by atoms with Gasteiger partial charge in [-0.15, -0.1) is 0 Å². The van der Waals surface area contributed by atoms with Crippen LogP contribution in [-0.4, -0.2) is 53.8 Å². The van der Waals surface area contributed by atoms with E-state index >= 15 is 0 Å². The molecule has 0 aromatic carbocycles. The van der Waals surface area contributed by atoms with Gasteiger partial charge in [0, 0.05) is 13.6 Å². The van der Waals surface area contributed by atoms with Gasteiger partial charge in [-0.05, 0) is 13.8 Å². The zero-order chi connectivity index (χ0) is 10.9. The molecule has 80 valence electrons. The van der Waals surface area contributed by atoms with E-state index < -0.39 is 5.54 Å². The summed E-state index contributed by atoms with van der Waals surface area (Å²) in [7, 11) is 1.63. The molecular formula is C9H17N3O2. The van der Waals surface area contributed by atoms with Crippen LogP contribution in [-0.2, 0) is 9.59 Å². The number of hydrogen-bond donors (Lipinski definition) is 1. The summed E-state index contributed by atoms with van der Waals surface area (Å²) >= 11 is 0. The number of carbonyl (C=O) groups is 2. The van der Waals surface area contributed by atoms with E-state index in [1.54, 1.807) is 11.9 Å². The highest BCUT2D eigenvalue weighted by Gasteiger charge is 2.36. The average Bonchev–Trinajstić information content (AvgIpc) is 2.11. The molecule has 5 heteroatoms. The van der Waals surface area contributed by atoms with E-state index in [0.717, 1.165) is 0 Å². The Morgan fingerprint density at radius 1 is 1.29 bits per heavy atom. The summed E-state index contributed by atoms with van der Waals surface area (Å²) in [6, 6.07) is 0. The lowest BCUT2D eigenvalue weighted by molar-refractivity contribution is -0.153. The van der Waals surface area contributed by atoms with Crippen LogP contribution in [0.3, 0.4) is 0 Å². The van der Waals surface area contributed by atoms with Gasteiger partial charge in [0.25, 0.3) is 0 Å². The molecule has 2 amide bonds. The first kappa shape index (κ1) is 11.0. The van der Waals surface area contributed by atoms with Crippen LogP contribution >= 0.6 is 0 Å². The van der Waals surface area contributed by atoms with Crippen LogP contribution in [0.15, 0.2) is 0 Å². The molecule has 0 saturated carbocycles.